The summed E-state index contributed by atoms with van der Waals surface area (Å²) < 4.78 is 58.9. The monoisotopic (exact) mass is 581 g/mol. The minimum atomic E-state index is -5.22. The number of rotatable bonds is 6. The van der Waals surface area contributed by atoms with Gasteiger partial charge in [-0.3, -0.25) is 4.79 Å². The average Bonchev–Trinajstić information content (AvgIpc) is 2.89. The van der Waals surface area contributed by atoms with E-state index in [1.807, 2.05) is 0 Å². The number of hydrogen-bond acceptors (Lipinski definition) is 6. The Morgan fingerprint density at radius 1 is 1.03 bits per heavy atom. The van der Waals surface area contributed by atoms with Crippen LogP contribution in [0.3, 0.4) is 0 Å². The largest absolute Gasteiger partial charge is 0.482 e. The van der Waals surface area contributed by atoms with Crippen LogP contribution in [0.1, 0.15) is 21.5 Å². The lowest BCUT2D eigenvalue weighted by atomic mass is 9.82. The summed E-state index contributed by atoms with van der Waals surface area (Å²) in [6.07, 6.45) is -5.22. The highest BCUT2D eigenvalue weighted by Crippen LogP contribution is 2.50. The minimum Gasteiger partial charge on any atom is -0.482 e. The molecule has 7 nitrogen and oxygen atoms in total. The topological polar surface area (TPSA) is 85.3 Å². The highest BCUT2D eigenvalue weighted by atomic mass is 35.5. The molecule has 1 amide bonds. The molecule has 0 unspecified atom stereocenters. The van der Waals surface area contributed by atoms with Crippen molar-refractivity contribution in [1.29, 1.82) is 0 Å². The number of amides is 1. The van der Waals surface area contributed by atoms with Crippen molar-refractivity contribution in [2.24, 2.45) is 0 Å². The molecule has 0 fully saturated rings. The molecule has 1 atom stereocenters. The van der Waals surface area contributed by atoms with Crippen LogP contribution in [0.4, 0.5) is 18.9 Å². The third kappa shape index (κ3) is 5.15. The smallest absolute Gasteiger partial charge is 0.425 e. The van der Waals surface area contributed by atoms with Crippen molar-refractivity contribution in [2.75, 3.05) is 25.7 Å². The molecule has 3 aromatic rings. The first kappa shape index (κ1) is 28.3. The third-order valence-corrected chi connectivity index (χ3v) is 6.78. The molecule has 0 saturated heterocycles. The first-order chi connectivity index (χ1) is 18.3. The zero-order chi connectivity index (χ0) is 28.7. The van der Waals surface area contributed by atoms with Crippen LogP contribution in [-0.4, -0.2) is 43.9 Å². The van der Waals surface area contributed by atoms with Gasteiger partial charge >= 0.3 is 12.1 Å². The highest BCUT2D eigenvalue weighted by molar-refractivity contribution is 6.33. The summed E-state index contributed by atoms with van der Waals surface area (Å²) in [6.45, 7) is 3.28. The third-order valence-electron chi connectivity index (χ3n) is 6.16. The van der Waals surface area contributed by atoms with E-state index in [9.17, 15) is 27.9 Å². The summed E-state index contributed by atoms with van der Waals surface area (Å²) in [5.74, 6) is -0.555. The van der Waals surface area contributed by atoms with E-state index in [0.717, 1.165) is 17.0 Å². The number of esters is 1. The maximum Gasteiger partial charge on any atom is 0.425 e. The first-order valence-electron chi connectivity index (χ1n) is 11.2. The number of aliphatic hydroxyl groups is 1. The maximum atomic E-state index is 14.4. The number of methoxy groups -OCH3 is 1. The summed E-state index contributed by atoms with van der Waals surface area (Å²) in [4.78, 5) is 24.8. The Balaban J connectivity index is 1.68. The van der Waals surface area contributed by atoms with Gasteiger partial charge in [0.2, 0.25) is 5.60 Å². The second-order valence-corrected chi connectivity index (χ2v) is 9.30. The van der Waals surface area contributed by atoms with Crippen LogP contribution in [0.2, 0.25) is 10.0 Å². The van der Waals surface area contributed by atoms with Crippen LogP contribution in [0, 0.1) is 0 Å². The fourth-order valence-corrected chi connectivity index (χ4v) is 4.51. The molecule has 0 radical (unpaired) electrons. The van der Waals surface area contributed by atoms with Crippen LogP contribution >= 0.6 is 23.2 Å². The highest BCUT2D eigenvalue weighted by Gasteiger charge is 2.57. The first-order valence-corrected chi connectivity index (χ1v) is 11.9. The van der Waals surface area contributed by atoms with Gasteiger partial charge in [-0.15, -0.1) is 0 Å². The van der Waals surface area contributed by atoms with Crippen molar-refractivity contribution in [1.82, 2.24) is 0 Å². The molecule has 0 saturated carbocycles. The molecular formula is C27H20Cl2F3NO6. The Morgan fingerprint density at radius 3 is 2.15 bits per heavy atom. The van der Waals surface area contributed by atoms with Gasteiger partial charge in [-0.25, -0.2) is 4.79 Å². The lowest BCUT2D eigenvalue weighted by Crippen LogP contribution is -2.43. The quantitative estimate of drug-likeness (QED) is 0.339. The molecule has 1 aliphatic rings. The summed E-state index contributed by atoms with van der Waals surface area (Å²) in [6, 6.07) is 11.3. The van der Waals surface area contributed by atoms with E-state index in [1.54, 1.807) is 0 Å². The summed E-state index contributed by atoms with van der Waals surface area (Å²) in [7, 11) is 2.60. The number of carbonyl (C=O) groups is 2. The van der Waals surface area contributed by atoms with Crippen LogP contribution in [-0.2, 0) is 15.1 Å². The minimum absolute atomic E-state index is 0.0611. The van der Waals surface area contributed by atoms with Crippen molar-refractivity contribution >= 4 is 46.3 Å². The molecule has 0 aliphatic carbocycles. The van der Waals surface area contributed by atoms with Crippen LogP contribution in [0.15, 0.2) is 61.2 Å². The van der Waals surface area contributed by atoms with Crippen LogP contribution in [0.25, 0.3) is 5.57 Å². The maximum absolute atomic E-state index is 14.4. The van der Waals surface area contributed by atoms with Crippen molar-refractivity contribution in [3.8, 4) is 17.2 Å². The number of carbonyl (C=O) groups excluding carboxylic acids is 2. The molecule has 0 aromatic heterocycles. The number of benzene rings is 3. The van der Waals surface area contributed by atoms with E-state index in [1.165, 1.54) is 56.6 Å². The van der Waals surface area contributed by atoms with E-state index >= 15 is 0 Å². The molecular weight excluding hydrogens is 562 g/mol. The normalized spacial score (nSPS) is 14.7. The number of ether oxygens (including phenoxy) is 3. The Kier molecular flexibility index (Phi) is 7.57. The van der Waals surface area contributed by atoms with Gasteiger partial charge in [0.05, 0.1) is 28.4 Å². The molecule has 0 bridgehead atoms. The van der Waals surface area contributed by atoms with Gasteiger partial charge in [-0.1, -0.05) is 35.8 Å². The second kappa shape index (κ2) is 10.4. The number of alkyl halides is 3. The predicted molar refractivity (Wildman–Crippen MR) is 139 cm³/mol. The van der Waals surface area contributed by atoms with E-state index < -0.39 is 34.8 Å². The molecule has 39 heavy (non-hydrogen) atoms. The van der Waals surface area contributed by atoms with E-state index in [0.29, 0.717) is 0 Å². The van der Waals surface area contributed by atoms with Gasteiger partial charge in [0.25, 0.3) is 5.91 Å². The molecule has 204 valence electrons. The number of likely N-dealkylation sites (N-methyl/N-ethyl adjacent to an activating group) is 1. The Morgan fingerprint density at radius 2 is 1.62 bits per heavy atom. The Labute approximate surface area is 230 Å². The lowest BCUT2D eigenvalue weighted by Gasteiger charge is -2.35. The molecule has 4 rings (SSSR count). The van der Waals surface area contributed by atoms with Gasteiger partial charge in [-0.05, 0) is 53.1 Å². The molecule has 12 heteroatoms. The van der Waals surface area contributed by atoms with Crippen LogP contribution in [0.5, 0.6) is 17.2 Å². The molecule has 1 heterocycles. The number of fused-ring (bicyclic) bond motifs is 1. The van der Waals surface area contributed by atoms with E-state index in [-0.39, 0.29) is 50.7 Å². The van der Waals surface area contributed by atoms with Gasteiger partial charge in [0.1, 0.15) is 17.2 Å². The van der Waals surface area contributed by atoms with E-state index in [4.69, 9.17) is 32.7 Å². The van der Waals surface area contributed by atoms with Gasteiger partial charge in [0, 0.05) is 19.2 Å². The zero-order valence-electron chi connectivity index (χ0n) is 20.4. The summed E-state index contributed by atoms with van der Waals surface area (Å²) in [5.41, 5.74) is -4.91. The average molecular weight is 582 g/mol. The van der Waals surface area contributed by atoms with Crippen LogP contribution < -0.4 is 14.4 Å². The predicted octanol–water partition coefficient (Wildman–Crippen LogP) is 6.39. The molecule has 1 N–H and O–H groups in total. The summed E-state index contributed by atoms with van der Waals surface area (Å²) >= 11 is 12.4. The van der Waals surface area contributed by atoms with E-state index in [2.05, 4.69) is 11.3 Å². The number of halogens is 5. The fourth-order valence-electron chi connectivity index (χ4n) is 3.98. The van der Waals surface area contributed by atoms with Gasteiger partial charge < -0.3 is 24.2 Å². The SMILES string of the molecule is C=C(c1ccc(Oc2ccc(C(=O)OC)c(Cl)c2)cc1Cl)[C@@](O)(c1ccc2c(c1)N(C)C(=O)CO2)C(F)(F)F. The van der Waals surface area contributed by atoms with Gasteiger partial charge in [0.15, 0.2) is 6.61 Å². The molecule has 3 aromatic carbocycles. The lowest BCUT2D eigenvalue weighted by molar-refractivity contribution is -0.240. The van der Waals surface area contributed by atoms with Crippen molar-refractivity contribution in [2.45, 2.75) is 11.8 Å². The second-order valence-electron chi connectivity index (χ2n) is 8.49. The standard InChI is InChI=1S/C27H20Cl2F3NO6/c1-14(26(36,27(30,31)32)15-4-9-23-22(10-15)33(2)24(34)13-38-23)18-7-5-16(11-20(18)28)39-17-6-8-19(21(29)12-17)25(35)37-3/h4-12,36H,1,13H2,2-3H3/t26-/m1/s1. The van der Waals surface area contributed by atoms with Crippen molar-refractivity contribution in [3.05, 3.63) is 87.9 Å². The number of nitrogens with zero attached hydrogens (tertiary/aromatic N) is 1. The number of hydrogen-bond donors (Lipinski definition) is 1. The zero-order valence-corrected chi connectivity index (χ0v) is 21.9. The molecule has 1 aliphatic heterocycles. The Hall–Kier alpha value is -3.73. The van der Waals surface area contributed by atoms with Gasteiger partial charge in [-0.2, -0.15) is 13.2 Å². The Bertz CT molecular complexity index is 1490. The number of anilines is 1. The fraction of sp³-hybridized carbons (Fsp3) is 0.185. The summed E-state index contributed by atoms with van der Waals surface area (Å²) in [5, 5.41) is 11.0. The van der Waals surface area contributed by atoms with Crippen molar-refractivity contribution < 1.29 is 42.1 Å². The van der Waals surface area contributed by atoms with Crippen molar-refractivity contribution in [3.63, 3.8) is 0 Å². The molecule has 0 spiro atoms.